The molecule has 1 amide bonds. The van der Waals surface area contributed by atoms with Crippen LogP contribution in [0.3, 0.4) is 0 Å². The van der Waals surface area contributed by atoms with Crippen LogP contribution in [0.5, 0.6) is 0 Å². The molecule has 0 saturated carbocycles. The lowest BCUT2D eigenvalue weighted by molar-refractivity contribution is -0.140. The number of aromatic nitrogens is 2. The van der Waals surface area contributed by atoms with Crippen molar-refractivity contribution in [2.45, 2.75) is 38.9 Å². The fourth-order valence-electron chi connectivity index (χ4n) is 3.44. The van der Waals surface area contributed by atoms with E-state index < -0.39 is 35.1 Å². The number of amides is 1. The van der Waals surface area contributed by atoms with Crippen LogP contribution in [0.4, 0.5) is 23.5 Å². The van der Waals surface area contributed by atoms with Crippen molar-refractivity contribution >= 4 is 11.9 Å². The monoisotopic (exact) mass is 426 g/mol. The van der Waals surface area contributed by atoms with Crippen LogP contribution in [0.25, 0.3) is 0 Å². The third-order valence-electron chi connectivity index (χ3n) is 4.98. The summed E-state index contributed by atoms with van der Waals surface area (Å²) < 4.78 is 52.5. The van der Waals surface area contributed by atoms with Crippen LogP contribution in [0.2, 0.25) is 0 Å². The highest BCUT2D eigenvalue weighted by Gasteiger charge is 2.34. The van der Waals surface area contributed by atoms with Crippen LogP contribution >= 0.6 is 0 Å². The van der Waals surface area contributed by atoms with E-state index in [1.165, 1.54) is 0 Å². The Bertz CT molecular complexity index is 982. The first-order chi connectivity index (χ1) is 14.1. The smallest absolute Gasteiger partial charge is 0.344 e. The molecule has 1 aromatic carbocycles. The second-order valence-electron chi connectivity index (χ2n) is 7.58. The first-order valence-corrected chi connectivity index (χ1v) is 9.60. The predicted molar refractivity (Wildman–Crippen MR) is 103 cm³/mol. The minimum absolute atomic E-state index is 0.112. The van der Waals surface area contributed by atoms with Gasteiger partial charge >= 0.3 is 6.18 Å². The van der Waals surface area contributed by atoms with Gasteiger partial charge in [0.25, 0.3) is 11.5 Å². The van der Waals surface area contributed by atoms with Crippen molar-refractivity contribution in [1.29, 1.82) is 0 Å². The molecule has 3 rings (SSSR count). The second-order valence-corrected chi connectivity index (χ2v) is 7.58. The first-order valence-electron chi connectivity index (χ1n) is 9.60. The minimum Gasteiger partial charge on any atom is -0.344 e. The summed E-state index contributed by atoms with van der Waals surface area (Å²) in [6.45, 7) is 4.91. The normalized spacial score (nSPS) is 15.5. The molecule has 2 N–H and O–H groups in total. The van der Waals surface area contributed by atoms with Crippen LogP contribution in [-0.4, -0.2) is 29.0 Å². The van der Waals surface area contributed by atoms with Crippen molar-refractivity contribution in [3.63, 3.8) is 0 Å². The summed E-state index contributed by atoms with van der Waals surface area (Å²) >= 11 is 0. The summed E-state index contributed by atoms with van der Waals surface area (Å²) in [5.74, 6) is -2.04. The zero-order valence-corrected chi connectivity index (χ0v) is 16.5. The lowest BCUT2D eigenvalue weighted by Gasteiger charge is -2.24. The fraction of sp³-hybridized carbons (Fsp3) is 0.450. The van der Waals surface area contributed by atoms with E-state index >= 15 is 0 Å². The molecule has 0 spiro atoms. The number of nitrogens with one attached hydrogen (secondary N) is 2. The number of hydrogen-bond donors (Lipinski definition) is 2. The van der Waals surface area contributed by atoms with Gasteiger partial charge in [0.1, 0.15) is 11.5 Å². The topological polar surface area (TPSA) is 78.1 Å². The third-order valence-corrected chi connectivity index (χ3v) is 4.98. The number of carbonyl (C=O) groups is 1. The average molecular weight is 426 g/mol. The Morgan fingerprint density at radius 3 is 2.43 bits per heavy atom. The molecule has 1 atom stereocenters. The molecular weight excluding hydrogens is 404 g/mol. The van der Waals surface area contributed by atoms with Crippen molar-refractivity contribution in [1.82, 2.24) is 15.3 Å². The summed E-state index contributed by atoms with van der Waals surface area (Å²) in [6, 6.07) is 2.85. The predicted octanol–water partition coefficient (Wildman–Crippen LogP) is 3.66. The number of anilines is 1. The van der Waals surface area contributed by atoms with Gasteiger partial charge in [-0.1, -0.05) is 19.9 Å². The Morgan fingerprint density at radius 1 is 1.20 bits per heavy atom. The number of nitrogens with zero attached hydrogens (tertiary/aromatic N) is 2. The molecule has 6 nitrogen and oxygen atoms in total. The molecule has 1 aliphatic heterocycles. The third kappa shape index (κ3) is 4.80. The van der Waals surface area contributed by atoms with Crippen molar-refractivity contribution in [2.75, 3.05) is 18.0 Å². The number of alkyl halides is 3. The van der Waals surface area contributed by atoms with Crippen LogP contribution in [0.15, 0.2) is 29.1 Å². The van der Waals surface area contributed by atoms with Crippen molar-refractivity contribution in [2.24, 2.45) is 5.92 Å². The molecule has 0 radical (unpaired) electrons. The van der Waals surface area contributed by atoms with Gasteiger partial charge in [-0.25, -0.2) is 9.37 Å². The number of rotatable bonds is 5. The zero-order chi connectivity index (χ0) is 22.1. The first kappa shape index (κ1) is 21.8. The van der Waals surface area contributed by atoms with Gasteiger partial charge in [-0.05, 0) is 36.5 Å². The van der Waals surface area contributed by atoms with E-state index in [0.29, 0.717) is 25.1 Å². The van der Waals surface area contributed by atoms with E-state index in [0.717, 1.165) is 31.0 Å². The molecular formula is C20H22F4N4O2. The Kier molecular flexibility index (Phi) is 6.14. The van der Waals surface area contributed by atoms with Gasteiger partial charge in [0.05, 0.1) is 11.6 Å². The minimum atomic E-state index is -4.81. The van der Waals surface area contributed by atoms with Gasteiger partial charge in [0, 0.05) is 19.2 Å². The van der Waals surface area contributed by atoms with E-state index in [1.807, 2.05) is 4.90 Å². The summed E-state index contributed by atoms with van der Waals surface area (Å²) in [6.07, 6.45) is -2.90. The van der Waals surface area contributed by atoms with E-state index in [2.05, 4.69) is 15.3 Å². The van der Waals surface area contributed by atoms with Gasteiger partial charge in [-0.15, -0.1) is 0 Å². The lowest BCUT2D eigenvalue weighted by Crippen LogP contribution is -2.34. The Hall–Kier alpha value is -2.91. The maximum Gasteiger partial charge on any atom is 0.419 e. The van der Waals surface area contributed by atoms with Gasteiger partial charge in [-0.2, -0.15) is 13.2 Å². The number of halogens is 4. The van der Waals surface area contributed by atoms with E-state index in [-0.39, 0.29) is 17.2 Å². The Labute approximate surface area is 170 Å². The average Bonchev–Trinajstić information content (AvgIpc) is 3.18. The fourth-order valence-corrected chi connectivity index (χ4v) is 3.44. The van der Waals surface area contributed by atoms with Crippen LogP contribution < -0.4 is 15.8 Å². The van der Waals surface area contributed by atoms with Crippen LogP contribution in [0.1, 0.15) is 54.3 Å². The molecule has 2 heterocycles. The summed E-state index contributed by atoms with van der Waals surface area (Å²) in [4.78, 5) is 33.4. The van der Waals surface area contributed by atoms with Gasteiger partial charge in [-0.3, -0.25) is 14.6 Å². The molecule has 0 bridgehead atoms. The Balaban J connectivity index is 1.86. The van der Waals surface area contributed by atoms with Gasteiger partial charge in [0.2, 0.25) is 5.95 Å². The number of hydrogen-bond acceptors (Lipinski definition) is 4. The molecule has 1 aliphatic rings. The molecule has 1 aromatic heterocycles. The van der Waals surface area contributed by atoms with E-state index in [9.17, 15) is 27.2 Å². The van der Waals surface area contributed by atoms with Crippen molar-refractivity contribution in [3.05, 3.63) is 57.3 Å². The summed E-state index contributed by atoms with van der Waals surface area (Å²) in [5.41, 5.74) is -1.78. The highest BCUT2D eigenvalue weighted by Crippen LogP contribution is 2.33. The molecule has 2 aromatic rings. The van der Waals surface area contributed by atoms with Gasteiger partial charge < -0.3 is 10.2 Å². The molecule has 30 heavy (non-hydrogen) atoms. The number of benzene rings is 1. The lowest BCUT2D eigenvalue weighted by atomic mass is 9.94. The van der Waals surface area contributed by atoms with Crippen LogP contribution in [-0.2, 0) is 6.18 Å². The highest BCUT2D eigenvalue weighted by molar-refractivity contribution is 5.92. The highest BCUT2D eigenvalue weighted by atomic mass is 19.4. The Morgan fingerprint density at radius 2 is 1.87 bits per heavy atom. The van der Waals surface area contributed by atoms with Crippen molar-refractivity contribution < 1.29 is 22.4 Å². The van der Waals surface area contributed by atoms with Crippen LogP contribution in [0, 0.1) is 11.7 Å². The summed E-state index contributed by atoms with van der Waals surface area (Å²) in [7, 11) is 0. The SMILES string of the molecule is CC(C)[C@@H](NC(=O)c1cc(=O)[nH]c(N2CCCC2)n1)c1ccc(C(F)(F)F)c(F)c1. The molecule has 1 saturated heterocycles. The maximum absolute atomic E-state index is 14.0. The molecule has 0 unspecified atom stereocenters. The summed E-state index contributed by atoms with van der Waals surface area (Å²) in [5, 5.41) is 2.66. The van der Waals surface area contributed by atoms with E-state index in [1.54, 1.807) is 13.8 Å². The number of aromatic amines is 1. The molecule has 0 aliphatic carbocycles. The standard InChI is InChI=1S/C20H22F4N4O2/c1-11(2)17(12-5-6-13(14(21)9-12)20(22,23)24)27-18(30)15-10-16(29)26-19(25-15)28-7-3-4-8-28/h5-6,9-11,17H,3-4,7-8H2,1-2H3,(H,27,30)(H,25,26,29)/t17-/m1/s1. The quantitative estimate of drug-likeness (QED) is 0.716. The molecule has 162 valence electrons. The maximum atomic E-state index is 14.0. The van der Waals surface area contributed by atoms with Crippen molar-refractivity contribution in [3.8, 4) is 0 Å². The largest absolute Gasteiger partial charge is 0.419 e. The number of H-pyrrole nitrogens is 1. The van der Waals surface area contributed by atoms with Gasteiger partial charge in [0.15, 0.2) is 0 Å². The molecule has 10 heteroatoms. The molecule has 1 fully saturated rings. The number of carbonyl (C=O) groups excluding carboxylic acids is 1. The second kappa shape index (κ2) is 8.45. The van der Waals surface area contributed by atoms with E-state index in [4.69, 9.17) is 0 Å². The zero-order valence-electron chi connectivity index (χ0n) is 16.5.